The molecule has 0 aliphatic carbocycles. The fourth-order valence-corrected chi connectivity index (χ4v) is 11.4. The highest BCUT2D eigenvalue weighted by Gasteiger charge is 2.37. The molecule has 2 unspecified atom stereocenters. The van der Waals surface area contributed by atoms with E-state index >= 15 is 0 Å². The Kier molecular flexibility index (Phi) is 13.9. The lowest BCUT2D eigenvalue weighted by Crippen LogP contribution is -2.55. The van der Waals surface area contributed by atoms with Gasteiger partial charge in [-0.2, -0.15) is 15.2 Å². The van der Waals surface area contributed by atoms with Crippen LogP contribution in [0.3, 0.4) is 0 Å². The number of rotatable bonds is 13. The number of hydrogen-bond acceptors (Lipinski definition) is 14. The highest BCUT2D eigenvalue weighted by molar-refractivity contribution is 5.97. The number of likely N-dealkylation sites (tertiary alicyclic amines) is 2. The lowest BCUT2D eigenvalue weighted by molar-refractivity contribution is -0.138. The number of nitriles is 1. The number of phenolic OH excluding ortho intramolecular Hbond substituents is 2. The van der Waals surface area contributed by atoms with Crippen LogP contribution in [-0.2, 0) is 29.1 Å². The number of aromatic hydroxyl groups is 3. The van der Waals surface area contributed by atoms with Crippen LogP contribution >= 0.6 is 0 Å². The van der Waals surface area contributed by atoms with Crippen LogP contribution in [0.2, 0.25) is 0 Å². The number of piperidine rings is 1. The summed E-state index contributed by atoms with van der Waals surface area (Å²) in [5.74, 6) is 0.732. The Hall–Kier alpha value is -7.71. The molecule has 6 aromatic rings. The van der Waals surface area contributed by atoms with Crippen molar-refractivity contribution in [1.29, 1.82) is 5.26 Å². The molecular weight excluding hydrogens is 923 g/mol. The van der Waals surface area contributed by atoms with Crippen LogP contribution in [0.5, 0.6) is 23.5 Å². The number of amides is 2. The monoisotopic (exact) mass is 985 g/mol. The molecule has 2 amide bonds. The summed E-state index contributed by atoms with van der Waals surface area (Å²) in [6.07, 6.45) is 5.42. The maximum atomic E-state index is 14.3. The first-order valence-electron chi connectivity index (χ1n) is 25.5. The molecule has 6 heterocycles. The van der Waals surface area contributed by atoms with Crippen molar-refractivity contribution < 1.29 is 29.6 Å². The molecule has 73 heavy (non-hydrogen) atoms. The number of anilines is 2. The van der Waals surface area contributed by atoms with E-state index in [9.17, 15) is 30.2 Å². The number of carbonyl (C=O) groups excluding carboxylic acids is 2. The Balaban J connectivity index is 0.803. The summed E-state index contributed by atoms with van der Waals surface area (Å²) in [6, 6.07) is 25.3. The van der Waals surface area contributed by atoms with Crippen molar-refractivity contribution in [2.75, 3.05) is 62.2 Å². The van der Waals surface area contributed by atoms with Gasteiger partial charge in [-0.05, 0) is 110 Å². The summed E-state index contributed by atoms with van der Waals surface area (Å²) in [6.45, 7) is 15.7. The fraction of sp³-hybridized carbons (Fsp3) is 0.411. The van der Waals surface area contributed by atoms with E-state index in [1.54, 1.807) is 11.0 Å². The van der Waals surface area contributed by atoms with Gasteiger partial charge in [0.15, 0.2) is 5.82 Å². The number of aryl methyl sites for hydroxylation is 1. The highest BCUT2D eigenvalue weighted by atomic mass is 16.5. The topological polar surface area (TPSA) is 201 Å². The Morgan fingerprint density at radius 2 is 1.66 bits per heavy atom. The van der Waals surface area contributed by atoms with Gasteiger partial charge in [0.25, 0.3) is 0 Å². The first kappa shape index (κ1) is 48.9. The lowest BCUT2D eigenvalue weighted by Gasteiger charge is -2.42. The molecule has 3 saturated heterocycles. The van der Waals surface area contributed by atoms with Crippen LogP contribution in [0.4, 0.5) is 11.5 Å². The Morgan fingerprint density at radius 3 is 2.41 bits per heavy atom. The Morgan fingerprint density at radius 1 is 0.877 bits per heavy atom. The summed E-state index contributed by atoms with van der Waals surface area (Å²) >= 11 is 0. The minimum atomic E-state index is -0.322. The van der Waals surface area contributed by atoms with E-state index in [1.165, 1.54) is 33.0 Å². The van der Waals surface area contributed by atoms with E-state index in [1.807, 2.05) is 43.0 Å². The third-order valence-electron chi connectivity index (χ3n) is 15.3. The number of aromatic nitrogens is 5. The van der Waals surface area contributed by atoms with Crippen molar-refractivity contribution >= 4 is 34.1 Å². The average Bonchev–Trinajstić information content (AvgIpc) is 4.04. The van der Waals surface area contributed by atoms with E-state index < -0.39 is 0 Å². The first-order chi connectivity index (χ1) is 35.4. The summed E-state index contributed by atoms with van der Waals surface area (Å²) in [4.78, 5) is 48.0. The maximum Gasteiger partial charge on any atom is 0.319 e. The van der Waals surface area contributed by atoms with Crippen molar-refractivity contribution in [2.24, 2.45) is 5.92 Å². The SMILES string of the molecule is C=CC(=O)N1CCN(c2nc(OCC3CCCN3C(=O)C3CCN(Cc4ccc(-n5c(O)nnc5-c5cc(C(C)C)c(O)cc5O)cc4)CC3)nc3c2CCN(c2cccc4cccc(C)c24)C3)CC1CC#N. The number of piperazine rings is 1. The molecule has 3 N–H and O–H groups in total. The normalized spacial score (nSPS) is 18.6. The predicted octanol–water partition coefficient (Wildman–Crippen LogP) is 7.39. The predicted molar refractivity (Wildman–Crippen MR) is 278 cm³/mol. The van der Waals surface area contributed by atoms with Crippen LogP contribution in [-0.4, -0.2) is 131 Å². The molecule has 0 saturated carbocycles. The van der Waals surface area contributed by atoms with Gasteiger partial charge in [0.05, 0.1) is 48.1 Å². The molecule has 2 aromatic heterocycles. The van der Waals surface area contributed by atoms with Gasteiger partial charge in [-0.3, -0.25) is 14.5 Å². The summed E-state index contributed by atoms with van der Waals surface area (Å²) < 4.78 is 8.04. The van der Waals surface area contributed by atoms with Gasteiger partial charge in [-0.25, -0.2) is 4.57 Å². The minimum Gasteiger partial charge on any atom is -0.508 e. The zero-order valence-corrected chi connectivity index (χ0v) is 41.8. The van der Waals surface area contributed by atoms with Crippen molar-refractivity contribution in [3.8, 4) is 46.7 Å². The average molecular weight is 986 g/mol. The zero-order chi connectivity index (χ0) is 50.9. The van der Waals surface area contributed by atoms with E-state index in [4.69, 9.17) is 14.7 Å². The summed E-state index contributed by atoms with van der Waals surface area (Å²) in [7, 11) is 0. The number of carbonyl (C=O) groups is 2. The maximum absolute atomic E-state index is 14.3. The highest BCUT2D eigenvalue weighted by Crippen LogP contribution is 2.40. The molecule has 4 aliphatic rings. The third-order valence-corrected chi connectivity index (χ3v) is 15.3. The van der Waals surface area contributed by atoms with Gasteiger partial charge in [-0.15, -0.1) is 5.10 Å². The Labute approximate surface area is 425 Å². The van der Waals surface area contributed by atoms with Crippen LogP contribution in [0.1, 0.15) is 79.8 Å². The molecule has 17 nitrogen and oxygen atoms in total. The number of hydrogen-bond donors (Lipinski definition) is 3. The fourth-order valence-electron chi connectivity index (χ4n) is 11.4. The van der Waals surface area contributed by atoms with Crippen LogP contribution in [0, 0.1) is 24.2 Å². The smallest absolute Gasteiger partial charge is 0.319 e. The molecule has 378 valence electrons. The second-order valence-corrected chi connectivity index (χ2v) is 20.2. The van der Waals surface area contributed by atoms with E-state index in [0.717, 1.165) is 73.6 Å². The molecule has 0 radical (unpaired) electrons. The van der Waals surface area contributed by atoms with Gasteiger partial charge in [0.1, 0.15) is 23.9 Å². The molecule has 4 aliphatic heterocycles. The number of benzene rings is 4. The van der Waals surface area contributed by atoms with E-state index in [-0.39, 0.29) is 78.1 Å². The molecule has 10 rings (SSSR count). The molecule has 3 fully saturated rings. The quantitative estimate of drug-likeness (QED) is 0.0968. The number of phenols is 2. The largest absolute Gasteiger partial charge is 0.508 e. The molecule has 17 heteroatoms. The Bertz CT molecular complexity index is 3080. The van der Waals surface area contributed by atoms with Gasteiger partial charge in [0.2, 0.25) is 11.8 Å². The van der Waals surface area contributed by atoms with E-state index in [2.05, 4.69) is 80.9 Å². The second kappa shape index (κ2) is 20.8. The third kappa shape index (κ3) is 9.83. The van der Waals surface area contributed by atoms with Crippen molar-refractivity contribution in [1.82, 2.24) is 39.4 Å². The van der Waals surface area contributed by atoms with Crippen molar-refractivity contribution in [3.63, 3.8) is 0 Å². The van der Waals surface area contributed by atoms with Crippen LogP contribution in [0.25, 0.3) is 27.8 Å². The van der Waals surface area contributed by atoms with Crippen LogP contribution in [0.15, 0.2) is 85.5 Å². The zero-order valence-electron chi connectivity index (χ0n) is 41.8. The van der Waals surface area contributed by atoms with Gasteiger partial charge in [0, 0.05) is 67.9 Å². The molecular formula is C56H63N11O6. The van der Waals surface area contributed by atoms with Crippen LogP contribution < -0.4 is 14.5 Å². The summed E-state index contributed by atoms with van der Waals surface area (Å²) in [5, 5.41) is 52.1. The van der Waals surface area contributed by atoms with Gasteiger partial charge in [-0.1, -0.05) is 68.0 Å². The first-order valence-corrected chi connectivity index (χ1v) is 25.5. The summed E-state index contributed by atoms with van der Waals surface area (Å²) in [5.41, 5.74) is 6.99. The minimum absolute atomic E-state index is 0.00985. The lowest BCUT2D eigenvalue weighted by atomic mass is 9.94. The number of fused-ring (bicyclic) bond motifs is 2. The molecule has 4 aromatic carbocycles. The molecule has 2 atom stereocenters. The molecule has 0 spiro atoms. The van der Waals surface area contributed by atoms with Gasteiger partial charge < -0.3 is 39.7 Å². The van der Waals surface area contributed by atoms with Crippen molar-refractivity contribution in [2.45, 2.75) is 90.4 Å². The standard InChI is InChI=1S/C56H63N11O6/c1-5-50(70)65-28-27-64(32-41(65)18-22-57)52-43-21-26-63(47-13-7-11-38-10-6-9-36(4)51(38)47)33-46(43)58-55(59-52)73-34-42-12-8-23-66(42)54(71)39-19-24-62(25-20-39)31-37-14-16-40(17-15-37)67-53(60-61-56(67)72)45-29-44(35(2)3)48(68)30-49(45)69/h5-7,9-11,13-17,29-30,35,39,41-42,68-69H,1,8,12,18-21,23-28,31-34H2,2-4H3,(H,61,72). The van der Waals surface area contributed by atoms with Gasteiger partial charge >= 0.3 is 12.0 Å². The van der Waals surface area contributed by atoms with E-state index in [0.29, 0.717) is 62.5 Å². The van der Waals surface area contributed by atoms with Crippen molar-refractivity contribution in [3.05, 3.63) is 113 Å². The number of nitrogens with zero attached hydrogens (tertiary/aromatic N) is 11. The number of ether oxygens (including phenoxy) is 1. The second-order valence-electron chi connectivity index (χ2n) is 20.2. The molecule has 0 bridgehead atoms.